The second kappa shape index (κ2) is 3.79. The molecule has 0 fully saturated rings. The molecule has 0 radical (unpaired) electrons. The van der Waals surface area contributed by atoms with Crippen molar-refractivity contribution >= 4 is 11.8 Å². The smallest absolute Gasteiger partial charge is 0.240 e. The van der Waals surface area contributed by atoms with Crippen LogP contribution in [-0.4, -0.2) is 11.1 Å². The highest BCUT2D eigenvalue weighted by molar-refractivity contribution is 5.52. The first-order valence-corrected chi connectivity index (χ1v) is 3.81. The summed E-state index contributed by atoms with van der Waals surface area (Å²) in [6, 6.07) is 1.83. The van der Waals surface area contributed by atoms with Gasteiger partial charge >= 0.3 is 0 Å². The van der Waals surface area contributed by atoms with Crippen LogP contribution in [0.15, 0.2) is 17.3 Å². The van der Waals surface area contributed by atoms with E-state index in [1.165, 1.54) is 6.08 Å². The van der Waals surface area contributed by atoms with Crippen molar-refractivity contribution in [1.29, 1.82) is 0 Å². The molecule has 0 bridgehead atoms. The largest absolute Gasteiger partial charge is 0.259 e. The quantitative estimate of drug-likeness (QED) is 0.492. The minimum Gasteiger partial charge on any atom is -0.259 e. The van der Waals surface area contributed by atoms with Crippen LogP contribution in [-0.2, 0) is 11.2 Å². The molecule has 1 aromatic heterocycles. The molecule has 3 nitrogen and oxygen atoms in total. The molecule has 0 spiro atoms. The van der Waals surface area contributed by atoms with E-state index in [9.17, 15) is 4.79 Å². The van der Waals surface area contributed by atoms with Crippen LogP contribution in [0.2, 0.25) is 0 Å². The minimum atomic E-state index is 0.632. The first kappa shape index (κ1) is 8.62. The zero-order valence-electron chi connectivity index (χ0n) is 7.16. The van der Waals surface area contributed by atoms with Crippen molar-refractivity contribution in [3.8, 4) is 0 Å². The number of nitrogens with zero attached hydrogens (tertiary/aromatic N) is 2. The van der Waals surface area contributed by atoms with E-state index in [1.807, 2.05) is 19.9 Å². The summed E-state index contributed by atoms with van der Waals surface area (Å²) in [7, 11) is 0. The Labute approximate surface area is 71.2 Å². The van der Waals surface area contributed by atoms with E-state index < -0.39 is 0 Å². The lowest BCUT2D eigenvalue weighted by molar-refractivity contribution is 0.565. The van der Waals surface area contributed by atoms with E-state index in [0.29, 0.717) is 5.69 Å². The van der Waals surface area contributed by atoms with Gasteiger partial charge in [-0.25, -0.2) is 4.79 Å². The Bertz CT molecular complexity index is 327. The van der Waals surface area contributed by atoms with Crippen molar-refractivity contribution in [2.75, 3.05) is 0 Å². The van der Waals surface area contributed by atoms with Gasteiger partial charge in [-0.1, -0.05) is 6.92 Å². The number of hydrogen-bond donors (Lipinski definition) is 0. The van der Waals surface area contributed by atoms with Gasteiger partial charge in [0.1, 0.15) is 0 Å². The summed E-state index contributed by atoms with van der Waals surface area (Å²) in [6.45, 7) is 3.89. The van der Waals surface area contributed by atoms with Gasteiger partial charge in [-0.05, 0) is 25.0 Å². The summed E-state index contributed by atoms with van der Waals surface area (Å²) in [4.78, 5) is 17.7. The Balaban J connectivity index is 3.20. The lowest BCUT2D eigenvalue weighted by atomic mass is 10.2. The van der Waals surface area contributed by atoms with Gasteiger partial charge in [-0.15, -0.1) is 0 Å². The normalized spacial score (nSPS) is 9.17. The average molecular weight is 162 g/mol. The van der Waals surface area contributed by atoms with Crippen molar-refractivity contribution in [1.82, 2.24) is 4.98 Å². The molecule has 1 heterocycles. The van der Waals surface area contributed by atoms with Crippen molar-refractivity contribution in [3.05, 3.63) is 23.5 Å². The van der Waals surface area contributed by atoms with Gasteiger partial charge in [0.05, 0.1) is 11.4 Å². The van der Waals surface area contributed by atoms with Gasteiger partial charge in [0.2, 0.25) is 6.08 Å². The SMILES string of the molecule is CCc1ncc(C)cc1N=C=O. The van der Waals surface area contributed by atoms with Crippen molar-refractivity contribution in [2.24, 2.45) is 4.99 Å². The topological polar surface area (TPSA) is 42.3 Å². The van der Waals surface area contributed by atoms with Crippen LogP contribution in [0.4, 0.5) is 5.69 Å². The van der Waals surface area contributed by atoms with Crippen LogP contribution in [0.25, 0.3) is 0 Å². The maximum Gasteiger partial charge on any atom is 0.240 e. The van der Waals surface area contributed by atoms with E-state index in [1.54, 1.807) is 6.20 Å². The van der Waals surface area contributed by atoms with Crippen LogP contribution in [0.5, 0.6) is 0 Å². The molecule has 0 saturated carbocycles. The number of rotatable bonds is 2. The maximum absolute atomic E-state index is 10.0. The van der Waals surface area contributed by atoms with Crippen molar-refractivity contribution in [3.63, 3.8) is 0 Å². The third kappa shape index (κ3) is 1.77. The number of hydrogen-bond acceptors (Lipinski definition) is 3. The van der Waals surface area contributed by atoms with Crippen LogP contribution >= 0.6 is 0 Å². The van der Waals surface area contributed by atoms with E-state index in [2.05, 4.69) is 9.98 Å². The first-order chi connectivity index (χ1) is 5.77. The van der Waals surface area contributed by atoms with Gasteiger partial charge in [0.15, 0.2) is 0 Å². The fraction of sp³-hybridized carbons (Fsp3) is 0.333. The highest BCUT2D eigenvalue weighted by Crippen LogP contribution is 2.17. The molecule has 0 atom stereocenters. The average Bonchev–Trinajstić information content (AvgIpc) is 2.05. The lowest BCUT2D eigenvalue weighted by Crippen LogP contribution is -1.87. The van der Waals surface area contributed by atoms with E-state index in [-0.39, 0.29) is 0 Å². The number of aryl methyl sites for hydroxylation is 2. The zero-order valence-corrected chi connectivity index (χ0v) is 7.16. The number of pyridine rings is 1. The minimum absolute atomic E-state index is 0.632. The Morgan fingerprint density at radius 2 is 2.42 bits per heavy atom. The predicted molar refractivity (Wildman–Crippen MR) is 46.1 cm³/mol. The highest BCUT2D eigenvalue weighted by atomic mass is 16.1. The van der Waals surface area contributed by atoms with Crippen LogP contribution < -0.4 is 0 Å². The van der Waals surface area contributed by atoms with Crippen LogP contribution in [0.1, 0.15) is 18.2 Å². The zero-order chi connectivity index (χ0) is 8.97. The molecule has 0 amide bonds. The van der Waals surface area contributed by atoms with Crippen LogP contribution in [0.3, 0.4) is 0 Å². The third-order valence-corrected chi connectivity index (χ3v) is 1.59. The number of isocyanates is 1. The Kier molecular flexibility index (Phi) is 2.72. The Hall–Kier alpha value is -1.47. The fourth-order valence-electron chi connectivity index (χ4n) is 1.00. The summed E-state index contributed by atoms with van der Waals surface area (Å²) in [6.07, 6.45) is 4.07. The van der Waals surface area contributed by atoms with Crippen molar-refractivity contribution in [2.45, 2.75) is 20.3 Å². The summed E-state index contributed by atoms with van der Waals surface area (Å²) < 4.78 is 0. The molecule has 0 aromatic carbocycles. The number of aromatic nitrogens is 1. The summed E-state index contributed by atoms with van der Waals surface area (Å²) >= 11 is 0. The molecule has 0 aliphatic heterocycles. The van der Waals surface area contributed by atoms with Gasteiger partial charge in [0.25, 0.3) is 0 Å². The molecule has 12 heavy (non-hydrogen) atoms. The molecule has 0 N–H and O–H groups in total. The van der Waals surface area contributed by atoms with Gasteiger partial charge in [-0.3, -0.25) is 4.98 Å². The maximum atomic E-state index is 10.0. The molecule has 1 rings (SSSR count). The Morgan fingerprint density at radius 1 is 1.67 bits per heavy atom. The molecule has 62 valence electrons. The number of aliphatic imine (C=N–C) groups is 1. The van der Waals surface area contributed by atoms with Crippen LogP contribution in [0, 0.1) is 6.92 Å². The van der Waals surface area contributed by atoms with Gasteiger partial charge < -0.3 is 0 Å². The molecule has 0 aliphatic rings. The fourth-order valence-corrected chi connectivity index (χ4v) is 1.00. The van der Waals surface area contributed by atoms with E-state index in [0.717, 1.165) is 17.7 Å². The molecule has 0 aliphatic carbocycles. The van der Waals surface area contributed by atoms with Gasteiger partial charge in [-0.2, -0.15) is 4.99 Å². The van der Waals surface area contributed by atoms with Crippen molar-refractivity contribution < 1.29 is 4.79 Å². The molecular weight excluding hydrogens is 152 g/mol. The monoisotopic (exact) mass is 162 g/mol. The predicted octanol–water partition coefficient (Wildman–Crippen LogP) is 1.92. The van der Waals surface area contributed by atoms with E-state index >= 15 is 0 Å². The second-order valence-corrected chi connectivity index (χ2v) is 2.54. The highest BCUT2D eigenvalue weighted by Gasteiger charge is 1.99. The Morgan fingerprint density at radius 3 is 3.00 bits per heavy atom. The van der Waals surface area contributed by atoms with Gasteiger partial charge in [0, 0.05) is 6.20 Å². The summed E-state index contributed by atoms with van der Waals surface area (Å²) in [5, 5.41) is 0. The summed E-state index contributed by atoms with van der Waals surface area (Å²) in [5.74, 6) is 0. The molecule has 0 saturated heterocycles. The van der Waals surface area contributed by atoms with E-state index in [4.69, 9.17) is 0 Å². The second-order valence-electron chi connectivity index (χ2n) is 2.54. The standard InChI is InChI=1S/C9H10N2O/c1-3-8-9(11-6-12)4-7(2)5-10-8/h4-5H,3H2,1-2H3. The molecule has 3 heteroatoms. The third-order valence-electron chi connectivity index (χ3n) is 1.59. The summed E-state index contributed by atoms with van der Waals surface area (Å²) in [5.41, 5.74) is 2.47. The first-order valence-electron chi connectivity index (χ1n) is 3.81. The molecular formula is C9H10N2O. The molecule has 1 aromatic rings. The number of carbonyl (C=O) groups excluding carboxylic acids is 1. The lowest BCUT2D eigenvalue weighted by Gasteiger charge is -2.00. The molecule has 0 unspecified atom stereocenters.